The van der Waals surface area contributed by atoms with E-state index in [1.165, 1.54) is 12.0 Å². The Morgan fingerprint density at radius 3 is 2.67 bits per heavy atom. The molecule has 0 spiro atoms. The number of aliphatic hydroxyl groups is 2. The van der Waals surface area contributed by atoms with Crippen LogP contribution in [0, 0.1) is 11.8 Å². The second-order valence-electron chi connectivity index (χ2n) is 9.01. The molecular weight excluding hydrogens is 344 g/mol. The van der Waals surface area contributed by atoms with E-state index in [4.69, 9.17) is 9.84 Å². The van der Waals surface area contributed by atoms with Crippen molar-refractivity contribution in [1.29, 1.82) is 0 Å². The third-order valence-electron chi connectivity index (χ3n) is 7.48. The number of carboxylic acid groups (broad SMARTS) is 1. The number of allylic oxidation sites excluding steroid dienone is 1. The molecule has 5 heteroatoms. The molecule has 0 radical (unpaired) electrons. The van der Waals surface area contributed by atoms with Gasteiger partial charge in [0.15, 0.2) is 0 Å². The number of aliphatic hydroxyl groups excluding tert-OH is 1. The molecule has 0 bridgehead atoms. The Morgan fingerprint density at radius 1 is 1.26 bits per heavy atom. The van der Waals surface area contributed by atoms with E-state index >= 15 is 0 Å². The first kappa shape index (κ1) is 20.8. The van der Waals surface area contributed by atoms with Gasteiger partial charge in [-0.2, -0.15) is 0 Å². The van der Waals surface area contributed by atoms with Crippen molar-refractivity contribution >= 4 is 5.97 Å². The number of fused-ring (bicyclic) bond motifs is 1. The standard InChI is InChI=1S/C22H36O5/c1-27-22-14-10-19(23)17(8-6-13-21(26)11-3-2-4-12-21)18(22)15-16(22)7-5-9-20(24)25/h7,17-19,23,26H,2-6,8-15H2,1H3,(H,24,25). The minimum Gasteiger partial charge on any atom is -0.481 e. The van der Waals surface area contributed by atoms with Gasteiger partial charge in [0.2, 0.25) is 0 Å². The number of hydrogen-bond donors (Lipinski definition) is 3. The molecule has 0 amide bonds. The summed E-state index contributed by atoms with van der Waals surface area (Å²) in [6.07, 6.45) is 12.9. The van der Waals surface area contributed by atoms with Gasteiger partial charge >= 0.3 is 5.97 Å². The van der Waals surface area contributed by atoms with Crippen LogP contribution in [0.3, 0.4) is 0 Å². The summed E-state index contributed by atoms with van der Waals surface area (Å²) in [6, 6.07) is 0. The highest BCUT2D eigenvalue weighted by Gasteiger charge is 2.58. The zero-order valence-corrected chi connectivity index (χ0v) is 16.7. The summed E-state index contributed by atoms with van der Waals surface area (Å²) in [4.78, 5) is 10.8. The van der Waals surface area contributed by atoms with Gasteiger partial charge in [-0.3, -0.25) is 4.79 Å². The molecule has 154 valence electrons. The number of methoxy groups -OCH3 is 1. The van der Waals surface area contributed by atoms with Gasteiger partial charge in [0.25, 0.3) is 0 Å². The highest BCUT2D eigenvalue weighted by atomic mass is 16.5. The first-order valence-electron chi connectivity index (χ1n) is 10.8. The highest BCUT2D eigenvalue weighted by molar-refractivity contribution is 5.66. The van der Waals surface area contributed by atoms with Crippen LogP contribution in [0.1, 0.15) is 83.5 Å². The number of rotatable bonds is 8. The normalized spacial score (nSPS) is 36.9. The maximum absolute atomic E-state index is 10.8. The molecule has 0 saturated heterocycles. The Kier molecular flexibility index (Phi) is 6.65. The van der Waals surface area contributed by atoms with Crippen molar-refractivity contribution in [3.05, 3.63) is 11.6 Å². The van der Waals surface area contributed by atoms with Crippen molar-refractivity contribution in [3.63, 3.8) is 0 Å². The fourth-order valence-corrected chi connectivity index (χ4v) is 5.90. The van der Waals surface area contributed by atoms with Gasteiger partial charge in [-0.25, -0.2) is 0 Å². The molecular formula is C22H36O5. The van der Waals surface area contributed by atoms with Gasteiger partial charge in [-0.1, -0.05) is 31.8 Å². The molecule has 3 fully saturated rings. The van der Waals surface area contributed by atoms with Crippen molar-refractivity contribution < 1.29 is 24.9 Å². The number of carboxylic acids is 1. The van der Waals surface area contributed by atoms with Crippen molar-refractivity contribution in [2.75, 3.05) is 7.11 Å². The van der Waals surface area contributed by atoms with Gasteiger partial charge < -0.3 is 20.1 Å². The Balaban J connectivity index is 1.58. The van der Waals surface area contributed by atoms with Gasteiger partial charge in [0, 0.05) is 19.4 Å². The molecule has 0 aromatic carbocycles. The fourth-order valence-electron chi connectivity index (χ4n) is 5.90. The third-order valence-corrected chi connectivity index (χ3v) is 7.48. The van der Waals surface area contributed by atoms with Crippen LogP contribution in [0.5, 0.6) is 0 Å². The number of carbonyl (C=O) groups is 1. The molecule has 0 heterocycles. The topological polar surface area (TPSA) is 87.0 Å². The highest BCUT2D eigenvalue weighted by Crippen LogP contribution is 2.58. The van der Waals surface area contributed by atoms with E-state index in [9.17, 15) is 15.0 Å². The van der Waals surface area contributed by atoms with Crippen molar-refractivity contribution in [3.8, 4) is 0 Å². The minimum atomic E-state index is -0.772. The maximum Gasteiger partial charge on any atom is 0.303 e. The van der Waals surface area contributed by atoms with E-state index in [0.717, 1.165) is 64.2 Å². The first-order chi connectivity index (χ1) is 12.9. The van der Waals surface area contributed by atoms with Crippen LogP contribution in [-0.4, -0.2) is 45.7 Å². The summed E-state index contributed by atoms with van der Waals surface area (Å²) in [5, 5.41) is 30.2. The molecule has 4 atom stereocenters. The Bertz CT molecular complexity index is 551. The van der Waals surface area contributed by atoms with E-state index in [2.05, 4.69) is 0 Å². The Labute approximate surface area is 162 Å². The zero-order chi connectivity index (χ0) is 19.5. The quantitative estimate of drug-likeness (QED) is 0.557. The summed E-state index contributed by atoms with van der Waals surface area (Å²) < 4.78 is 5.97. The van der Waals surface area contributed by atoms with Crippen LogP contribution in [-0.2, 0) is 9.53 Å². The molecule has 27 heavy (non-hydrogen) atoms. The van der Waals surface area contributed by atoms with Crippen LogP contribution in [0.4, 0.5) is 0 Å². The lowest BCUT2D eigenvalue weighted by Gasteiger charge is -2.58. The Hall–Kier alpha value is -0.910. The second kappa shape index (κ2) is 8.62. The van der Waals surface area contributed by atoms with E-state index in [1.807, 2.05) is 6.08 Å². The zero-order valence-electron chi connectivity index (χ0n) is 16.7. The van der Waals surface area contributed by atoms with Crippen molar-refractivity contribution in [2.45, 2.75) is 101 Å². The molecule has 0 aromatic rings. The van der Waals surface area contributed by atoms with E-state index in [1.54, 1.807) is 7.11 Å². The van der Waals surface area contributed by atoms with Crippen LogP contribution >= 0.6 is 0 Å². The van der Waals surface area contributed by atoms with E-state index in [-0.39, 0.29) is 24.0 Å². The smallest absolute Gasteiger partial charge is 0.303 e. The predicted molar refractivity (Wildman–Crippen MR) is 103 cm³/mol. The summed E-state index contributed by atoms with van der Waals surface area (Å²) in [7, 11) is 1.75. The first-order valence-corrected chi connectivity index (χ1v) is 10.8. The van der Waals surface area contributed by atoms with Crippen LogP contribution in [0.25, 0.3) is 0 Å². The van der Waals surface area contributed by atoms with Crippen LogP contribution in [0.2, 0.25) is 0 Å². The molecule has 3 N–H and O–H groups in total. The minimum absolute atomic E-state index is 0.151. The number of ether oxygens (including phenoxy) is 1. The summed E-state index contributed by atoms with van der Waals surface area (Å²) >= 11 is 0. The van der Waals surface area contributed by atoms with Gasteiger partial charge in [-0.15, -0.1) is 0 Å². The lowest BCUT2D eigenvalue weighted by molar-refractivity contribution is -0.154. The van der Waals surface area contributed by atoms with Gasteiger partial charge in [0.05, 0.1) is 17.3 Å². The number of hydrogen-bond acceptors (Lipinski definition) is 4. The molecule has 3 aliphatic carbocycles. The lowest BCUT2D eigenvalue weighted by atomic mass is 9.52. The average molecular weight is 381 g/mol. The van der Waals surface area contributed by atoms with Gasteiger partial charge in [-0.05, 0) is 62.9 Å². The van der Waals surface area contributed by atoms with E-state index < -0.39 is 11.6 Å². The molecule has 3 aliphatic rings. The van der Waals surface area contributed by atoms with Crippen LogP contribution < -0.4 is 0 Å². The van der Waals surface area contributed by atoms with Crippen molar-refractivity contribution in [1.82, 2.24) is 0 Å². The van der Waals surface area contributed by atoms with E-state index in [0.29, 0.717) is 12.3 Å². The fraction of sp³-hybridized carbons (Fsp3) is 0.864. The van der Waals surface area contributed by atoms with Gasteiger partial charge in [0.1, 0.15) is 0 Å². The molecule has 4 unspecified atom stereocenters. The predicted octanol–water partition coefficient (Wildman–Crippen LogP) is 3.82. The summed E-state index contributed by atoms with van der Waals surface area (Å²) in [5.41, 5.74) is 0.432. The lowest BCUT2D eigenvalue weighted by Crippen LogP contribution is -2.59. The van der Waals surface area contributed by atoms with Crippen molar-refractivity contribution in [2.24, 2.45) is 11.8 Å². The number of aliphatic carboxylic acids is 1. The van der Waals surface area contributed by atoms with Crippen LogP contribution in [0.15, 0.2) is 11.6 Å². The third kappa shape index (κ3) is 4.41. The summed E-state index contributed by atoms with van der Waals surface area (Å²) in [6.45, 7) is 0. The largest absolute Gasteiger partial charge is 0.481 e. The average Bonchev–Trinajstić information content (AvgIpc) is 2.62. The molecule has 3 rings (SSSR count). The second-order valence-corrected chi connectivity index (χ2v) is 9.01. The molecule has 0 aliphatic heterocycles. The molecule has 0 aromatic heterocycles. The molecule has 3 saturated carbocycles. The Morgan fingerprint density at radius 2 is 2.00 bits per heavy atom. The monoisotopic (exact) mass is 380 g/mol. The molecule has 5 nitrogen and oxygen atoms in total. The maximum atomic E-state index is 10.8. The summed E-state index contributed by atoms with van der Waals surface area (Å²) in [5.74, 6) is -0.252. The SMILES string of the molecule is COC12CCC(O)C(CCCC3(O)CCCCC3)C1CC2=CCCC(=O)O.